The molecule has 6 heteroatoms. The molecule has 1 unspecified atom stereocenters. The van der Waals surface area contributed by atoms with E-state index >= 15 is 0 Å². The zero-order valence-electron chi connectivity index (χ0n) is 9.70. The maximum absolute atomic E-state index is 5.95. The van der Waals surface area contributed by atoms with E-state index in [1.54, 1.807) is 0 Å². The van der Waals surface area contributed by atoms with Gasteiger partial charge in [-0.2, -0.15) is 0 Å². The third kappa shape index (κ3) is 3.30. The Balaban J connectivity index is 2.03. The number of hydrogen-bond donors (Lipinski definition) is 0. The Morgan fingerprint density at radius 3 is 3.12 bits per heavy atom. The number of ether oxygens (including phenoxy) is 1. The molecule has 1 aromatic rings. The van der Waals surface area contributed by atoms with Crippen molar-refractivity contribution in [2.75, 3.05) is 31.7 Å². The van der Waals surface area contributed by atoms with Crippen LogP contribution >= 0.6 is 27.5 Å². The van der Waals surface area contributed by atoms with Crippen LogP contribution in [0.3, 0.4) is 0 Å². The van der Waals surface area contributed by atoms with Crippen molar-refractivity contribution < 1.29 is 4.74 Å². The zero-order valence-corrected chi connectivity index (χ0v) is 12.0. The Bertz CT molecular complexity index is 385. The van der Waals surface area contributed by atoms with E-state index in [1.807, 2.05) is 7.05 Å². The molecule has 0 aromatic carbocycles. The summed E-state index contributed by atoms with van der Waals surface area (Å²) in [6, 6.07) is 0. The molecule has 2 rings (SSSR count). The van der Waals surface area contributed by atoms with Crippen LogP contribution in [0.15, 0.2) is 10.8 Å². The molecule has 0 amide bonds. The van der Waals surface area contributed by atoms with Gasteiger partial charge >= 0.3 is 0 Å². The van der Waals surface area contributed by atoms with E-state index in [-0.39, 0.29) is 0 Å². The average molecular weight is 321 g/mol. The largest absolute Gasteiger partial charge is 0.381 e. The minimum absolute atomic E-state index is 0.446. The summed E-state index contributed by atoms with van der Waals surface area (Å²) in [6.07, 6.45) is 3.83. The van der Waals surface area contributed by atoms with Gasteiger partial charge in [-0.25, -0.2) is 9.97 Å². The molecule has 1 aromatic heterocycles. The molecule has 0 aliphatic carbocycles. The van der Waals surface area contributed by atoms with Gasteiger partial charge in [0.05, 0.1) is 11.1 Å². The van der Waals surface area contributed by atoms with Crippen molar-refractivity contribution in [2.24, 2.45) is 5.92 Å². The van der Waals surface area contributed by atoms with Crippen molar-refractivity contribution in [1.29, 1.82) is 0 Å². The van der Waals surface area contributed by atoms with Crippen LogP contribution in [0.2, 0.25) is 5.15 Å². The fourth-order valence-electron chi connectivity index (χ4n) is 2.03. The quantitative estimate of drug-likeness (QED) is 0.803. The molecule has 1 aliphatic rings. The molecule has 4 nitrogen and oxygen atoms in total. The second-order valence-electron chi connectivity index (χ2n) is 4.27. The van der Waals surface area contributed by atoms with Crippen LogP contribution < -0.4 is 4.90 Å². The van der Waals surface area contributed by atoms with Crippen LogP contribution in [0.5, 0.6) is 0 Å². The van der Waals surface area contributed by atoms with Crippen molar-refractivity contribution in [2.45, 2.75) is 12.8 Å². The second-order valence-corrected chi connectivity index (χ2v) is 5.42. The highest BCUT2D eigenvalue weighted by Gasteiger charge is 2.18. The summed E-state index contributed by atoms with van der Waals surface area (Å²) in [4.78, 5) is 10.3. The van der Waals surface area contributed by atoms with E-state index in [1.165, 1.54) is 12.7 Å². The summed E-state index contributed by atoms with van der Waals surface area (Å²) >= 11 is 9.37. The van der Waals surface area contributed by atoms with E-state index < -0.39 is 0 Å². The fourth-order valence-corrected chi connectivity index (χ4v) is 2.67. The number of halogens is 2. The van der Waals surface area contributed by atoms with E-state index in [9.17, 15) is 0 Å². The van der Waals surface area contributed by atoms with Crippen LogP contribution in [0.25, 0.3) is 0 Å². The Morgan fingerprint density at radius 1 is 1.59 bits per heavy atom. The summed E-state index contributed by atoms with van der Waals surface area (Å²) < 4.78 is 6.23. The van der Waals surface area contributed by atoms with Crippen molar-refractivity contribution in [3.05, 3.63) is 16.0 Å². The highest BCUT2D eigenvalue weighted by Crippen LogP contribution is 2.29. The Kier molecular flexibility index (Phi) is 4.59. The first-order valence-corrected chi connectivity index (χ1v) is 6.80. The number of aromatic nitrogens is 2. The average Bonchev–Trinajstić information content (AvgIpc) is 2.34. The van der Waals surface area contributed by atoms with Gasteiger partial charge in [0.1, 0.15) is 17.3 Å². The molecule has 1 saturated heterocycles. The van der Waals surface area contributed by atoms with Gasteiger partial charge in [0.2, 0.25) is 0 Å². The number of anilines is 1. The van der Waals surface area contributed by atoms with Crippen molar-refractivity contribution in [3.63, 3.8) is 0 Å². The van der Waals surface area contributed by atoms with Gasteiger partial charge in [0.15, 0.2) is 0 Å². The van der Waals surface area contributed by atoms with Gasteiger partial charge in [-0.3, -0.25) is 0 Å². The van der Waals surface area contributed by atoms with Crippen LogP contribution in [0.1, 0.15) is 12.8 Å². The van der Waals surface area contributed by atoms with Crippen molar-refractivity contribution >= 4 is 33.3 Å². The summed E-state index contributed by atoms with van der Waals surface area (Å²) in [5, 5.41) is 0.446. The highest BCUT2D eigenvalue weighted by atomic mass is 79.9. The Labute approximate surface area is 114 Å². The molecule has 0 spiro atoms. The second kappa shape index (κ2) is 5.98. The first kappa shape index (κ1) is 13.1. The molecule has 1 atom stereocenters. The molecular weight excluding hydrogens is 305 g/mol. The highest BCUT2D eigenvalue weighted by molar-refractivity contribution is 9.10. The lowest BCUT2D eigenvalue weighted by atomic mass is 10.0. The van der Waals surface area contributed by atoms with Crippen LogP contribution in [0, 0.1) is 5.92 Å². The monoisotopic (exact) mass is 319 g/mol. The molecule has 0 bridgehead atoms. The Hall–Kier alpha value is -0.390. The van der Waals surface area contributed by atoms with E-state index in [4.69, 9.17) is 16.3 Å². The van der Waals surface area contributed by atoms with Crippen LogP contribution in [0.4, 0.5) is 5.82 Å². The van der Waals surface area contributed by atoms with Gasteiger partial charge in [-0.15, -0.1) is 0 Å². The first-order chi connectivity index (χ1) is 8.18. The molecule has 0 radical (unpaired) electrons. The topological polar surface area (TPSA) is 38.2 Å². The fraction of sp³-hybridized carbons (Fsp3) is 0.636. The molecule has 17 heavy (non-hydrogen) atoms. The molecule has 2 heterocycles. The summed E-state index contributed by atoms with van der Waals surface area (Å²) in [6.45, 7) is 2.65. The molecule has 0 N–H and O–H groups in total. The van der Waals surface area contributed by atoms with Gasteiger partial charge in [0, 0.05) is 20.2 Å². The van der Waals surface area contributed by atoms with Gasteiger partial charge < -0.3 is 9.64 Å². The lowest BCUT2D eigenvalue weighted by Crippen LogP contribution is -2.31. The maximum atomic E-state index is 5.95. The van der Waals surface area contributed by atoms with Crippen LogP contribution in [-0.2, 0) is 4.74 Å². The number of hydrogen-bond acceptors (Lipinski definition) is 4. The lowest BCUT2D eigenvalue weighted by Gasteiger charge is -2.28. The van der Waals surface area contributed by atoms with E-state index in [0.29, 0.717) is 11.1 Å². The molecular formula is C11H15BrClN3O. The standard InChI is InChI=1S/C11H15BrClN3O/c1-16(5-8-3-2-4-17-6-8)11-9(12)10(13)14-7-15-11/h7-8H,2-6H2,1H3. The maximum Gasteiger partial charge on any atom is 0.148 e. The minimum atomic E-state index is 0.446. The van der Waals surface area contributed by atoms with Crippen LogP contribution in [-0.4, -0.2) is 36.8 Å². The first-order valence-electron chi connectivity index (χ1n) is 5.63. The SMILES string of the molecule is CN(CC1CCCOC1)c1ncnc(Cl)c1Br. The van der Waals surface area contributed by atoms with Gasteiger partial charge in [-0.05, 0) is 34.7 Å². The molecule has 1 fully saturated rings. The van der Waals surface area contributed by atoms with Crippen molar-refractivity contribution in [1.82, 2.24) is 9.97 Å². The predicted octanol–water partition coefficient (Wildman–Crippen LogP) is 2.76. The minimum Gasteiger partial charge on any atom is -0.381 e. The smallest absolute Gasteiger partial charge is 0.148 e. The molecule has 0 saturated carbocycles. The summed E-state index contributed by atoms with van der Waals surface area (Å²) in [7, 11) is 2.01. The Morgan fingerprint density at radius 2 is 2.41 bits per heavy atom. The summed E-state index contributed by atoms with van der Waals surface area (Å²) in [5.74, 6) is 1.39. The number of nitrogens with zero attached hydrogens (tertiary/aromatic N) is 3. The zero-order chi connectivity index (χ0) is 12.3. The van der Waals surface area contributed by atoms with Gasteiger partial charge in [-0.1, -0.05) is 11.6 Å². The molecule has 1 aliphatic heterocycles. The third-order valence-electron chi connectivity index (χ3n) is 2.88. The van der Waals surface area contributed by atoms with Gasteiger partial charge in [0.25, 0.3) is 0 Å². The predicted molar refractivity (Wildman–Crippen MR) is 71.6 cm³/mol. The molecule has 94 valence electrons. The lowest BCUT2D eigenvalue weighted by molar-refractivity contribution is 0.0576. The van der Waals surface area contributed by atoms with Crippen molar-refractivity contribution in [3.8, 4) is 0 Å². The third-order valence-corrected chi connectivity index (χ3v) is 4.12. The summed E-state index contributed by atoms with van der Waals surface area (Å²) in [5.41, 5.74) is 0. The van der Waals surface area contributed by atoms with E-state index in [2.05, 4.69) is 30.8 Å². The number of rotatable bonds is 3. The van der Waals surface area contributed by atoms with E-state index in [0.717, 1.165) is 36.5 Å². The normalized spacial score (nSPS) is 20.3.